The lowest BCUT2D eigenvalue weighted by Crippen LogP contribution is -2.50. The second kappa shape index (κ2) is 11.6. The molecule has 2 aliphatic rings. The number of hydrogen-bond acceptors (Lipinski definition) is 7. The quantitative estimate of drug-likeness (QED) is 0.335. The Morgan fingerprint density at radius 1 is 1.02 bits per heavy atom. The van der Waals surface area contributed by atoms with Crippen molar-refractivity contribution in [3.8, 4) is 5.75 Å². The van der Waals surface area contributed by atoms with Crippen molar-refractivity contribution in [1.29, 1.82) is 0 Å². The number of halogens is 2. The summed E-state index contributed by atoms with van der Waals surface area (Å²) in [5.41, 5.74) is 7.30. The highest BCUT2D eigenvalue weighted by atomic mass is 19.1. The Morgan fingerprint density at radius 2 is 1.62 bits per heavy atom. The SMILES string of the molecule is CC(C)[C@H](N)C(=O)OCOc1c2n(ncc1=O)[C@@H](C1c3cccc(F)c3CCc3c(F)cccc31)CN(C(C)C)C2=O. The van der Waals surface area contributed by atoms with Crippen LogP contribution in [0, 0.1) is 17.6 Å². The van der Waals surface area contributed by atoms with Crippen LogP contribution in [0.3, 0.4) is 0 Å². The maximum atomic E-state index is 15.2. The highest BCUT2D eigenvalue weighted by Gasteiger charge is 2.43. The predicted molar refractivity (Wildman–Crippen MR) is 150 cm³/mol. The van der Waals surface area contributed by atoms with E-state index in [1.165, 1.54) is 16.8 Å². The lowest BCUT2D eigenvalue weighted by Gasteiger charge is -2.41. The number of amides is 1. The number of carbonyl (C=O) groups excluding carboxylic acids is 2. The minimum atomic E-state index is -0.889. The lowest BCUT2D eigenvalue weighted by atomic mass is 9.81. The molecule has 0 unspecified atom stereocenters. The third kappa shape index (κ3) is 5.17. The highest BCUT2D eigenvalue weighted by molar-refractivity contribution is 5.96. The fraction of sp³-hybridized carbons (Fsp3) is 0.419. The first-order valence-corrected chi connectivity index (χ1v) is 14.0. The minimum absolute atomic E-state index is 0.128. The summed E-state index contributed by atoms with van der Waals surface area (Å²) < 4.78 is 42.6. The van der Waals surface area contributed by atoms with Crippen molar-refractivity contribution in [1.82, 2.24) is 14.7 Å². The third-order valence-corrected chi connectivity index (χ3v) is 8.14. The second-order valence-corrected chi connectivity index (χ2v) is 11.3. The van der Waals surface area contributed by atoms with Gasteiger partial charge in [0, 0.05) is 18.5 Å². The molecule has 2 heterocycles. The number of benzene rings is 2. The van der Waals surface area contributed by atoms with Gasteiger partial charge in [0.05, 0.1) is 12.2 Å². The van der Waals surface area contributed by atoms with Crippen molar-refractivity contribution in [2.24, 2.45) is 11.7 Å². The highest BCUT2D eigenvalue weighted by Crippen LogP contribution is 2.45. The van der Waals surface area contributed by atoms with Crippen LogP contribution in [0.2, 0.25) is 0 Å². The Kier molecular flexibility index (Phi) is 8.14. The number of rotatable bonds is 7. The van der Waals surface area contributed by atoms with E-state index in [9.17, 15) is 14.4 Å². The molecule has 0 fully saturated rings. The maximum Gasteiger partial charge on any atom is 0.326 e. The van der Waals surface area contributed by atoms with Crippen molar-refractivity contribution in [3.05, 3.63) is 92.4 Å². The molecule has 3 aromatic rings. The zero-order valence-corrected chi connectivity index (χ0v) is 24.0. The van der Waals surface area contributed by atoms with Gasteiger partial charge in [-0.05, 0) is 67.0 Å². The predicted octanol–water partition coefficient (Wildman–Crippen LogP) is 3.72. The molecular weight excluding hydrogens is 546 g/mol. The van der Waals surface area contributed by atoms with E-state index >= 15 is 8.78 Å². The van der Waals surface area contributed by atoms with E-state index in [1.807, 2.05) is 26.0 Å². The van der Waals surface area contributed by atoms with E-state index < -0.39 is 53.7 Å². The molecule has 1 aromatic heterocycles. The first-order chi connectivity index (χ1) is 20.0. The molecule has 42 heavy (non-hydrogen) atoms. The number of hydrogen-bond donors (Lipinski definition) is 1. The number of esters is 1. The van der Waals surface area contributed by atoms with Gasteiger partial charge in [0.2, 0.25) is 18.0 Å². The Balaban J connectivity index is 1.66. The number of nitrogens with two attached hydrogens (primary N) is 1. The molecule has 0 saturated carbocycles. The lowest BCUT2D eigenvalue weighted by molar-refractivity contribution is -0.152. The van der Waals surface area contributed by atoms with Gasteiger partial charge in [-0.25, -0.2) is 8.78 Å². The molecule has 2 atom stereocenters. The van der Waals surface area contributed by atoms with Gasteiger partial charge in [-0.1, -0.05) is 38.1 Å². The van der Waals surface area contributed by atoms with Gasteiger partial charge in [-0.3, -0.25) is 19.1 Å². The van der Waals surface area contributed by atoms with E-state index in [1.54, 1.807) is 30.9 Å². The van der Waals surface area contributed by atoms with Crippen molar-refractivity contribution >= 4 is 11.9 Å². The van der Waals surface area contributed by atoms with Crippen molar-refractivity contribution in [2.75, 3.05) is 13.3 Å². The molecule has 2 aromatic carbocycles. The van der Waals surface area contributed by atoms with Crippen LogP contribution in [0.15, 0.2) is 47.4 Å². The summed E-state index contributed by atoms with van der Waals surface area (Å²) in [4.78, 5) is 40.7. The Bertz CT molecular complexity index is 1530. The first kappa shape index (κ1) is 29.4. The Labute approximate surface area is 242 Å². The average molecular weight is 581 g/mol. The number of ether oxygens (including phenoxy) is 2. The van der Waals surface area contributed by atoms with Crippen molar-refractivity contribution < 1.29 is 27.8 Å². The molecule has 0 saturated heterocycles. The fourth-order valence-corrected chi connectivity index (χ4v) is 5.84. The van der Waals surface area contributed by atoms with Gasteiger partial charge >= 0.3 is 5.97 Å². The zero-order valence-electron chi connectivity index (χ0n) is 24.0. The summed E-state index contributed by atoms with van der Waals surface area (Å²) in [5.74, 6) is -3.12. The van der Waals surface area contributed by atoms with Gasteiger partial charge in [-0.2, -0.15) is 5.10 Å². The molecule has 0 bridgehead atoms. The van der Waals surface area contributed by atoms with Gasteiger partial charge in [-0.15, -0.1) is 0 Å². The van der Waals surface area contributed by atoms with Crippen LogP contribution in [0.5, 0.6) is 5.75 Å². The molecule has 1 aliphatic heterocycles. The summed E-state index contributed by atoms with van der Waals surface area (Å²) in [5, 5.41) is 4.36. The van der Waals surface area contributed by atoms with E-state index in [0.717, 1.165) is 6.20 Å². The number of nitrogens with zero attached hydrogens (tertiary/aromatic N) is 3. The molecule has 1 aliphatic carbocycles. The van der Waals surface area contributed by atoms with Crippen LogP contribution in [0.1, 0.15) is 72.4 Å². The van der Waals surface area contributed by atoms with Crippen LogP contribution in [0.25, 0.3) is 0 Å². The normalized spacial score (nSPS) is 17.4. The smallest absolute Gasteiger partial charge is 0.326 e. The average Bonchev–Trinajstić information content (AvgIpc) is 3.12. The molecule has 0 spiro atoms. The second-order valence-electron chi connectivity index (χ2n) is 11.3. The standard InChI is InChI=1S/C31H34F2N4O5/c1-16(2)27(34)31(40)42-15-41-29-25(38)13-35-37-24(14-36(17(3)4)30(39)28(29)37)26-20-7-5-9-22(32)18(20)11-12-19-21(26)8-6-10-23(19)33/h5-10,13,16-17,24,26-27H,11-12,14-15,34H2,1-4H3/t24-,27+/m1/s1. The summed E-state index contributed by atoms with van der Waals surface area (Å²) in [6.07, 6.45) is 1.63. The molecule has 0 radical (unpaired) electrons. The Morgan fingerprint density at radius 3 is 2.17 bits per heavy atom. The number of aromatic nitrogens is 2. The third-order valence-electron chi connectivity index (χ3n) is 8.14. The van der Waals surface area contributed by atoms with Gasteiger partial charge in [0.25, 0.3) is 5.91 Å². The summed E-state index contributed by atoms with van der Waals surface area (Å²) in [6.45, 7) is 6.72. The van der Waals surface area contributed by atoms with E-state index in [2.05, 4.69) is 5.10 Å². The first-order valence-electron chi connectivity index (χ1n) is 14.0. The van der Waals surface area contributed by atoms with Crippen LogP contribution in [-0.4, -0.2) is 52.0 Å². The van der Waals surface area contributed by atoms with Crippen LogP contribution in [0.4, 0.5) is 8.78 Å². The van der Waals surface area contributed by atoms with Gasteiger partial charge in [0.1, 0.15) is 17.7 Å². The summed E-state index contributed by atoms with van der Waals surface area (Å²) >= 11 is 0. The zero-order chi connectivity index (χ0) is 30.3. The van der Waals surface area contributed by atoms with E-state index in [4.69, 9.17) is 15.2 Å². The molecular formula is C31H34F2N4O5. The minimum Gasteiger partial charge on any atom is -0.451 e. The fourth-order valence-electron chi connectivity index (χ4n) is 5.84. The number of carbonyl (C=O) groups is 2. The topological polar surface area (TPSA) is 117 Å². The van der Waals surface area contributed by atoms with Crippen LogP contribution < -0.4 is 15.9 Å². The summed E-state index contributed by atoms with van der Waals surface area (Å²) in [7, 11) is 0. The van der Waals surface area contributed by atoms with Gasteiger partial charge in [0.15, 0.2) is 5.69 Å². The van der Waals surface area contributed by atoms with Crippen LogP contribution in [-0.2, 0) is 22.4 Å². The molecule has 11 heteroatoms. The van der Waals surface area contributed by atoms with Crippen molar-refractivity contribution in [3.63, 3.8) is 0 Å². The summed E-state index contributed by atoms with van der Waals surface area (Å²) in [6, 6.07) is 7.80. The molecule has 9 nitrogen and oxygen atoms in total. The molecule has 1 amide bonds. The number of fused-ring (bicyclic) bond motifs is 3. The van der Waals surface area contributed by atoms with E-state index in [0.29, 0.717) is 35.1 Å². The maximum absolute atomic E-state index is 15.2. The monoisotopic (exact) mass is 580 g/mol. The largest absolute Gasteiger partial charge is 0.451 e. The van der Waals surface area contributed by atoms with E-state index in [-0.39, 0.29) is 29.9 Å². The Hall–Kier alpha value is -4.12. The van der Waals surface area contributed by atoms with Gasteiger partial charge < -0.3 is 20.1 Å². The van der Waals surface area contributed by atoms with Crippen molar-refractivity contribution in [2.45, 2.75) is 64.6 Å². The molecule has 222 valence electrons. The van der Waals surface area contributed by atoms with Crippen LogP contribution >= 0.6 is 0 Å². The molecule has 5 rings (SSSR count). The molecule has 2 N–H and O–H groups in total.